The van der Waals surface area contributed by atoms with Gasteiger partial charge in [-0.15, -0.1) is 0 Å². The SMILES string of the molecule is C=Cc1ccc(CSCC)c(-c2c(CSCC)ccc3ccccc23)c1/C=C\C. The minimum Gasteiger partial charge on any atom is -0.157 e. The molecule has 3 aromatic carbocycles. The molecular weight excluding hydrogens is 388 g/mol. The summed E-state index contributed by atoms with van der Waals surface area (Å²) in [5.41, 5.74) is 8.10. The second kappa shape index (κ2) is 10.8. The summed E-state index contributed by atoms with van der Waals surface area (Å²) in [6, 6.07) is 17.9. The van der Waals surface area contributed by atoms with Crippen LogP contribution in [0.3, 0.4) is 0 Å². The van der Waals surface area contributed by atoms with Gasteiger partial charge in [-0.1, -0.05) is 87.2 Å². The van der Waals surface area contributed by atoms with E-state index in [-0.39, 0.29) is 0 Å². The molecule has 0 N–H and O–H groups in total. The van der Waals surface area contributed by atoms with Crippen molar-refractivity contribution in [1.29, 1.82) is 0 Å². The molecule has 3 aromatic rings. The lowest BCUT2D eigenvalue weighted by molar-refractivity contribution is 1.35. The molecule has 0 radical (unpaired) electrons. The quantitative estimate of drug-likeness (QED) is 0.341. The van der Waals surface area contributed by atoms with Crippen LogP contribution in [-0.4, -0.2) is 11.5 Å². The van der Waals surface area contributed by atoms with Gasteiger partial charge in [0.2, 0.25) is 0 Å². The van der Waals surface area contributed by atoms with E-state index >= 15 is 0 Å². The first-order chi connectivity index (χ1) is 14.2. The van der Waals surface area contributed by atoms with Crippen molar-refractivity contribution in [3.05, 3.63) is 83.4 Å². The van der Waals surface area contributed by atoms with Crippen molar-refractivity contribution in [3.8, 4) is 11.1 Å². The lowest BCUT2D eigenvalue weighted by Gasteiger charge is -2.21. The smallest absolute Gasteiger partial charge is 0.0190 e. The van der Waals surface area contributed by atoms with E-state index < -0.39 is 0 Å². The predicted molar refractivity (Wildman–Crippen MR) is 138 cm³/mol. The Morgan fingerprint density at radius 1 is 0.828 bits per heavy atom. The zero-order valence-corrected chi connectivity index (χ0v) is 19.3. The molecule has 0 aromatic heterocycles. The third-order valence-electron chi connectivity index (χ3n) is 5.11. The van der Waals surface area contributed by atoms with Gasteiger partial charge in [-0.2, -0.15) is 23.5 Å². The van der Waals surface area contributed by atoms with Crippen molar-refractivity contribution >= 4 is 46.4 Å². The fraction of sp³-hybridized carbons (Fsp3) is 0.259. The number of allylic oxidation sites excluding steroid dienone is 1. The van der Waals surface area contributed by atoms with E-state index in [1.807, 2.05) is 29.6 Å². The van der Waals surface area contributed by atoms with Crippen LogP contribution in [0.15, 0.2) is 61.2 Å². The summed E-state index contributed by atoms with van der Waals surface area (Å²) in [4.78, 5) is 0. The van der Waals surface area contributed by atoms with E-state index in [2.05, 4.69) is 88.0 Å². The third-order valence-corrected chi connectivity index (χ3v) is 6.95. The highest BCUT2D eigenvalue weighted by atomic mass is 32.2. The topological polar surface area (TPSA) is 0 Å². The van der Waals surface area contributed by atoms with E-state index in [1.54, 1.807) is 0 Å². The molecule has 150 valence electrons. The van der Waals surface area contributed by atoms with Crippen molar-refractivity contribution in [2.75, 3.05) is 11.5 Å². The largest absolute Gasteiger partial charge is 0.157 e. The second-order valence-corrected chi connectivity index (χ2v) is 9.45. The second-order valence-electron chi connectivity index (χ2n) is 6.90. The number of rotatable bonds is 9. The van der Waals surface area contributed by atoms with Gasteiger partial charge in [0.15, 0.2) is 0 Å². The van der Waals surface area contributed by atoms with Gasteiger partial charge >= 0.3 is 0 Å². The van der Waals surface area contributed by atoms with Gasteiger partial charge in [0, 0.05) is 11.5 Å². The maximum Gasteiger partial charge on any atom is 0.0190 e. The summed E-state index contributed by atoms with van der Waals surface area (Å²) in [6.07, 6.45) is 6.39. The molecule has 0 bridgehead atoms. The van der Waals surface area contributed by atoms with Crippen LogP contribution in [0.1, 0.15) is 43.0 Å². The lowest BCUT2D eigenvalue weighted by Crippen LogP contribution is -1.99. The minimum absolute atomic E-state index is 1.03. The van der Waals surface area contributed by atoms with Gasteiger partial charge < -0.3 is 0 Å². The van der Waals surface area contributed by atoms with E-state index in [9.17, 15) is 0 Å². The first-order valence-corrected chi connectivity index (χ1v) is 12.6. The van der Waals surface area contributed by atoms with Crippen LogP contribution in [0, 0.1) is 0 Å². The average molecular weight is 419 g/mol. The van der Waals surface area contributed by atoms with Crippen molar-refractivity contribution in [2.24, 2.45) is 0 Å². The summed E-state index contributed by atoms with van der Waals surface area (Å²) in [6.45, 7) is 10.7. The summed E-state index contributed by atoms with van der Waals surface area (Å²) in [5, 5.41) is 2.65. The standard InChI is InChI=1S/C27H30S2/c1-5-11-24-20(6-2)14-16-22(18-28-7-3)26(24)27-23(19-29-8-4)17-15-21-12-9-10-13-25(21)27/h5-6,9-17H,2,7-8,18-19H2,1,3-4H3/b11-5-. The Morgan fingerprint density at radius 2 is 1.48 bits per heavy atom. The van der Waals surface area contributed by atoms with Crippen LogP contribution in [0.5, 0.6) is 0 Å². The van der Waals surface area contributed by atoms with Crippen LogP contribution in [0.25, 0.3) is 34.1 Å². The molecule has 0 saturated heterocycles. The zero-order valence-electron chi connectivity index (χ0n) is 17.7. The van der Waals surface area contributed by atoms with E-state index in [1.165, 1.54) is 44.2 Å². The van der Waals surface area contributed by atoms with Crippen LogP contribution in [0.2, 0.25) is 0 Å². The number of benzene rings is 3. The summed E-state index contributed by atoms with van der Waals surface area (Å²) in [5.74, 6) is 4.30. The van der Waals surface area contributed by atoms with Gasteiger partial charge in [-0.3, -0.25) is 0 Å². The molecule has 0 aliphatic carbocycles. The van der Waals surface area contributed by atoms with Gasteiger partial charge in [0.25, 0.3) is 0 Å². The maximum atomic E-state index is 4.09. The Hall–Kier alpha value is -1.90. The fourth-order valence-electron chi connectivity index (χ4n) is 3.78. The molecule has 0 aliphatic rings. The average Bonchev–Trinajstić information content (AvgIpc) is 2.76. The molecule has 0 atom stereocenters. The Labute approximate surface area is 184 Å². The van der Waals surface area contributed by atoms with E-state index in [0.717, 1.165) is 23.0 Å². The summed E-state index contributed by atoms with van der Waals surface area (Å²) < 4.78 is 0. The molecule has 0 unspecified atom stereocenters. The molecule has 3 rings (SSSR count). The number of hydrogen-bond acceptors (Lipinski definition) is 2. The van der Waals surface area contributed by atoms with E-state index in [0.29, 0.717) is 0 Å². The Kier molecular flexibility index (Phi) is 8.09. The Balaban J connectivity index is 2.41. The monoisotopic (exact) mass is 418 g/mol. The number of hydrogen-bond donors (Lipinski definition) is 0. The molecule has 0 nitrogen and oxygen atoms in total. The molecule has 29 heavy (non-hydrogen) atoms. The Morgan fingerprint density at radius 3 is 2.14 bits per heavy atom. The van der Waals surface area contributed by atoms with Gasteiger partial charge in [-0.25, -0.2) is 0 Å². The van der Waals surface area contributed by atoms with Crippen LogP contribution < -0.4 is 0 Å². The van der Waals surface area contributed by atoms with Crippen molar-refractivity contribution < 1.29 is 0 Å². The Bertz CT molecular complexity index is 1010. The van der Waals surface area contributed by atoms with Gasteiger partial charge in [0.1, 0.15) is 0 Å². The minimum atomic E-state index is 1.03. The van der Waals surface area contributed by atoms with Crippen LogP contribution >= 0.6 is 23.5 Å². The fourth-order valence-corrected chi connectivity index (χ4v) is 5.11. The zero-order chi connectivity index (χ0) is 20.6. The molecule has 0 heterocycles. The first-order valence-electron chi connectivity index (χ1n) is 10.3. The van der Waals surface area contributed by atoms with Crippen molar-refractivity contribution in [3.63, 3.8) is 0 Å². The highest BCUT2D eigenvalue weighted by molar-refractivity contribution is 7.98. The molecule has 0 aliphatic heterocycles. The lowest BCUT2D eigenvalue weighted by atomic mass is 9.86. The highest BCUT2D eigenvalue weighted by Gasteiger charge is 2.18. The maximum absolute atomic E-state index is 4.09. The normalized spacial score (nSPS) is 11.4. The van der Waals surface area contributed by atoms with Crippen molar-refractivity contribution in [1.82, 2.24) is 0 Å². The molecule has 0 spiro atoms. The van der Waals surface area contributed by atoms with E-state index in [4.69, 9.17) is 0 Å². The molecule has 0 fully saturated rings. The molecule has 2 heteroatoms. The first kappa shape index (κ1) is 21.8. The van der Waals surface area contributed by atoms with Crippen LogP contribution in [-0.2, 0) is 11.5 Å². The molecule has 0 saturated carbocycles. The van der Waals surface area contributed by atoms with Crippen LogP contribution in [0.4, 0.5) is 0 Å². The third kappa shape index (κ3) is 4.82. The molecule has 0 amide bonds. The van der Waals surface area contributed by atoms with Crippen molar-refractivity contribution in [2.45, 2.75) is 32.3 Å². The van der Waals surface area contributed by atoms with Gasteiger partial charge in [-0.05, 0) is 62.6 Å². The van der Waals surface area contributed by atoms with Gasteiger partial charge in [0.05, 0.1) is 0 Å². The molecular formula is C27H30S2. The summed E-state index contributed by atoms with van der Waals surface area (Å²) in [7, 11) is 0. The number of thioether (sulfide) groups is 2. The number of fused-ring (bicyclic) bond motifs is 1. The predicted octanol–water partition coefficient (Wildman–Crippen LogP) is 8.69. The summed E-state index contributed by atoms with van der Waals surface area (Å²) >= 11 is 3.97. The highest BCUT2D eigenvalue weighted by Crippen LogP contribution is 2.41.